The molecule has 1 fully saturated rings. The normalized spacial score (nSPS) is 17.2. The van der Waals surface area contributed by atoms with E-state index in [0.29, 0.717) is 17.3 Å². The smallest absolute Gasteiger partial charge is 0.306 e. The summed E-state index contributed by atoms with van der Waals surface area (Å²) < 4.78 is 13.6. The van der Waals surface area contributed by atoms with E-state index in [1.165, 1.54) is 17.2 Å². The first-order chi connectivity index (χ1) is 15.9. The van der Waals surface area contributed by atoms with E-state index in [-0.39, 0.29) is 17.3 Å². The molecule has 0 aliphatic carbocycles. The Balaban J connectivity index is 1.35. The Labute approximate surface area is 199 Å². The lowest BCUT2D eigenvalue weighted by atomic mass is 9.74. The highest BCUT2D eigenvalue weighted by Gasteiger charge is 2.46. The fourth-order valence-corrected chi connectivity index (χ4v) is 5.35. The van der Waals surface area contributed by atoms with Crippen LogP contribution in [0.3, 0.4) is 0 Å². The highest BCUT2D eigenvalue weighted by molar-refractivity contribution is 6.33. The number of hydrogen-bond donors (Lipinski definition) is 1. The number of carbonyl (C=O) groups excluding carboxylic acids is 1. The number of benzene rings is 3. The van der Waals surface area contributed by atoms with Crippen LogP contribution < -0.4 is 10.2 Å². The topological polar surface area (TPSA) is 35.6 Å². The van der Waals surface area contributed by atoms with Crippen LogP contribution in [0.4, 0.5) is 20.6 Å². The first-order valence-corrected chi connectivity index (χ1v) is 11.7. The number of anilines is 2. The molecule has 0 bridgehead atoms. The zero-order chi connectivity index (χ0) is 23.0. The third kappa shape index (κ3) is 4.35. The van der Waals surface area contributed by atoms with Gasteiger partial charge >= 0.3 is 6.03 Å². The molecule has 0 radical (unpaired) electrons. The van der Waals surface area contributed by atoms with E-state index in [1.807, 2.05) is 29.2 Å². The molecule has 0 aromatic heterocycles. The Hall–Kier alpha value is -2.89. The van der Waals surface area contributed by atoms with E-state index in [1.54, 1.807) is 18.2 Å². The molecular weight excluding hydrogens is 437 g/mol. The summed E-state index contributed by atoms with van der Waals surface area (Å²) in [4.78, 5) is 17.5. The number of fused-ring (bicyclic) bond motifs is 2. The van der Waals surface area contributed by atoms with Crippen LogP contribution in [0.2, 0.25) is 5.02 Å². The number of halogens is 2. The van der Waals surface area contributed by atoms with Crippen LogP contribution in [0.25, 0.3) is 0 Å². The van der Waals surface area contributed by atoms with Crippen LogP contribution in [0.15, 0.2) is 66.7 Å². The van der Waals surface area contributed by atoms with Crippen LogP contribution in [-0.4, -0.2) is 30.6 Å². The summed E-state index contributed by atoms with van der Waals surface area (Å²) in [6, 6.07) is 20.3. The van der Waals surface area contributed by atoms with Crippen molar-refractivity contribution >= 4 is 29.0 Å². The maximum Gasteiger partial charge on any atom is 0.326 e. The summed E-state index contributed by atoms with van der Waals surface area (Å²) in [5, 5.41) is 3.51. The predicted octanol–water partition coefficient (Wildman–Crippen LogP) is 6.37. The predicted molar refractivity (Wildman–Crippen MR) is 132 cm³/mol. The van der Waals surface area contributed by atoms with Gasteiger partial charge in [-0.1, -0.05) is 53.6 Å². The number of hydrogen-bond acceptors (Lipinski definition) is 2. The number of nitrogens with one attached hydrogen (secondary N) is 1. The molecule has 2 aliphatic heterocycles. The van der Waals surface area contributed by atoms with Crippen molar-refractivity contribution in [1.82, 2.24) is 4.90 Å². The van der Waals surface area contributed by atoms with Crippen molar-refractivity contribution < 1.29 is 9.18 Å². The van der Waals surface area contributed by atoms with Crippen LogP contribution in [0.1, 0.15) is 29.5 Å². The van der Waals surface area contributed by atoms with Crippen LogP contribution in [-0.2, 0) is 12.0 Å². The average Bonchev–Trinajstić information content (AvgIpc) is 3.10. The van der Waals surface area contributed by atoms with Gasteiger partial charge in [-0.15, -0.1) is 0 Å². The van der Waals surface area contributed by atoms with Gasteiger partial charge in [-0.05, 0) is 74.3 Å². The third-order valence-corrected chi connectivity index (χ3v) is 7.27. The second kappa shape index (κ2) is 8.81. The van der Waals surface area contributed by atoms with Crippen LogP contribution >= 0.6 is 11.6 Å². The number of urea groups is 1. The van der Waals surface area contributed by atoms with Gasteiger partial charge in [0.2, 0.25) is 0 Å². The Morgan fingerprint density at radius 2 is 1.85 bits per heavy atom. The standard InChI is InChI=1S/C27H27ClFN3O/c1-19-9-10-25-22(15-19)27(18-32(25)26(33)30-24-8-3-2-7-23(24)28)11-13-31(14-12-27)17-20-5-4-6-21(29)16-20/h2-10,15-16H,11-14,17-18H2,1H3,(H,30,33). The molecule has 2 aliphatic rings. The summed E-state index contributed by atoms with van der Waals surface area (Å²) in [5.74, 6) is -0.193. The van der Waals surface area contributed by atoms with E-state index < -0.39 is 0 Å². The summed E-state index contributed by atoms with van der Waals surface area (Å²) >= 11 is 6.27. The molecule has 3 aromatic rings. The second-order valence-electron chi connectivity index (χ2n) is 9.20. The summed E-state index contributed by atoms with van der Waals surface area (Å²) in [7, 11) is 0. The number of aryl methyl sites for hydroxylation is 1. The minimum atomic E-state index is -0.193. The monoisotopic (exact) mass is 463 g/mol. The molecule has 2 heterocycles. The van der Waals surface area contributed by atoms with Crippen LogP contribution in [0, 0.1) is 12.7 Å². The lowest BCUT2D eigenvalue weighted by Crippen LogP contribution is -2.46. The van der Waals surface area contributed by atoms with Crippen molar-refractivity contribution in [3.8, 4) is 0 Å². The lowest BCUT2D eigenvalue weighted by molar-refractivity contribution is 0.160. The molecule has 1 spiro atoms. The molecule has 0 unspecified atom stereocenters. The average molecular weight is 464 g/mol. The van der Waals surface area contributed by atoms with E-state index >= 15 is 0 Å². The molecule has 2 amide bonds. The zero-order valence-corrected chi connectivity index (χ0v) is 19.4. The SMILES string of the molecule is Cc1ccc2c(c1)C1(CCN(Cc3cccc(F)c3)CC1)CN2C(=O)Nc1ccccc1Cl. The quantitative estimate of drug-likeness (QED) is 0.489. The zero-order valence-electron chi connectivity index (χ0n) is 18.7. The lowest BCUT2D eigenvalue weighted by Gasteiger charge is -2.40. The van der Waals surface area contributed by atoms with Gasteiger partial charge in [-0.3, -0.25) is 9.80 Å². The van der Waals surface area contributed by atoms with Gasteiger partial charge in [-0.2, -0.15) is 0 Å². The van der Waals surface area contributed by atoms with Gasteiger partial charge in [-0.25, -0.2) is 9.18 Å². The largest absolute Gasteiger partial charge is 0.326 e. The summed E-state index contributed by atoms with van der Waals surface area (Å²) in [6.45, 7) is 5.30. The fraction of sp³-hybridized carbons (Fsp3) is 0.296. The summed E-state index contributed by atoms with van der Waals surface area (Å²) in [6.07, 6.45) is 1.91. The molecule has 4 nitrogen and oxygen atoms in total. The number of rotatable bonds is 3. The van der Waals surface area contributed by atoms with E-state index in [4.69, 9.17) is 11.6 Å². The number of piperidine rings is 1. The first kappa shape index (κ1) is 21.9. The van der Waals surface area contributed by atoms with E-state index in [0.717, 1.165) is 43.7 Å². The van der Waals surface area contributed by atoms with Gasteiger partial charge in [0.1, 0.15) is 5.82 Å². The highest BCUT2D eigenvalue weighted by atomic mass is 35.5. The van der Waals surface area contributed by atoms with Crippen molar-refractivity contribution in [2.24, 2.45) is 0 Å². The first-order valence-electron chi connectivity index (χ1n) is 11.3. The number of carbonyl (C=O) groups is 1. The molecule has 170 valence electrons. The second-order valence-corrected chi connectivity index (χ2v) is 9.61. The maximum absolute atomic E-state index is 13.6. The Kier molecular flexibility index (Phi) is 5.85. The molecule has 1 saturated heterocycles. The number of amides is 2. The number of para-hydroxylation sites is 1. The molecule has 33 heavy (non-hydrogen) atoms. The highest BCUT2D eigenvalue weighted by Crippen LogP contribution is 2.47. The molecule has 3 aromatic carbocycles. The van der Waals surface area contributed by atoms with Gasteiger partial charge < -0.3 is 5.32 Å². The van der Waals surface area contributed by atoms with Gasteiger partial charge in [0, 0.05) is 24.2 Å². The van der Waals surface area contributed by atoms with E-state index in [9.17, 15) is 9.18 Å². The van der Waals surface area contributed by atoms with Gasteiger partial charge in [0.15, 0.2) is 0 Å². The Morgan fingerprint density at radius 1 is 1.06 bits per heavy atom. The van der Waals surface area contributed by atoms with Gasteiger partial charge in [0.05, 0.1) is 10.7 Å². The van der Waals surface area contributed by atoms with Crippen molar-refractivity contribution in [2.45, 2.75) is 31.7 Å². The molecule has 6 heteroatoms. The van der Waals surface area contributed by atoms with Crippen molar-refractivity contribution in [2.75, 3.05) is 29.9 Å². The molecule has 5 rings (SSSR count). The number of nitrogens with zero attached hydrogens (tertiary/aromatic N) is 2. The van der Waals surface area contributed by atoms with Crippen molar-refractivity contribution in [1.29, 1.82) is 0 Å². The summed E-state index contributed by atoms with van der Waals surface area (Å²) in [5.41, 5.74) is 4.96. The van der Waals surface area contributed by atoms with Gasteiger partial charge in [0.25, 0.3) is 0 Å². The van der Waals surface area contributed by atoms with E-state index in [2.05, 4.69) is 35.3 Å². The minimum Gasteiger partial charge on any atom is -0.306 e. The Morgan fingerprint density at radius 3 is 2.61 bits per heavy atom. The molecular formula is C27H27ClFN3O. The Bertz CT molecular complexity index is 1190. The third-order valence-electron chi connectivity index (χ3n) is 6.94. The fourth-order valence-electron chi connectivity index (χ4n) is 5.17. The van der Waals surface area contributed by atoms with Crippen molar-refractivity contribution in [3.63, 3.8) is 0 Å². The number of likely N-dealkylation sites (tertiary alicyclic amines) is 1. The molecule has 0 atom stereocenters. The van der Waals surface area contributed by atoms with Crippen LogP contribution in [0.5, 0.6) is 0 Å². The minimum absolute atomic E-state index is 0.0718. The maximum atomic E-state index is 13.6. The molecule has 1 N–H and O–H groups in total. The van der Waals surface area contributed by atoms with Crippen molar-refractivity contribution in [3.05, 3.63) is 94.3 Å². The molecule has 0 saturated carbocycles.